The summed E-state index contributed by atoms with van der Waals surface area (Å²) in [6, 6.07) is 4.01. The zero-order chi connectivity index (χ0) is 13.2. The molecule has 18 heavy (non-hydrogen) atoms. The molecule has 0 amide bonds. The van der Waals surface area contributed by atoms with Crippen LogP contribution in [-0.2, 0) is 10.2 Å². The fourth-order valence-electron chi connectivity index (χ4n) is 2.03. The van der Waals surface area contributed by atoms with Crippen LogP contribution in [0, 0.1) is 11.9 Å². The summed E-state index contributed by atoms with van der Waals surface area (Å²) in [5.41, 5.74) is 0. The van der Waals surface area contributed by atoms with E-state index >= 15 is 0 Å². The van der Waals surface area contributed by atoms with Crippen molar-refractivity contribution >= 4 is 16.0 Å². The minimum absolute atomic E-state index is 0.00762. The van der Waals surface area contributed by atoms with E-state index in [9.17, 15) is 12.8 Å². The van der Waals surface area contributed by atoms with Crippen molar-refractivity contribution in [2.45, 2.75) is 19.8 Å². The van der Waals surface area contributed by atoms with Crippen LogP contribution in [-0.4, -0.2) is 30.8 Å². The van der Waals surface area contributed by atoms with Crippen molar-refractivity contribution in [2.24, 2.45) is 5.92 Å². The lowest BCUT2D eigenvalue weighted by Gasteiger charge is -2.29. The third-order valence-electron chi connectivity index (χ3n) is 2.91. The second kappa shape index (κ2) is 5.19. The normalized spacial score (nSPS) is 21.8. The SMILES string of the molecule is CC1CCCN(S(=O)(=O)Nc2cccc(F)n2)C1. The third kappa shape index (κ3) is 3.17. The van der Waals surface area contributed by atoms with Crippen molar-refractivity contribution in [3.63, 3.8) is 0 Å². The van der Waals surface area contributed by atoms with Crippen LogP contribution in [0.1, 0.15) is 19.8 Å². The molecule has 1 aliphatic rings. The van der Waals surface area contributed by atoms with Gasteiger partial charge in [-0.1, -0.05) is 13.0 Å². The van der Waals surface area contributed by atoms with Crippen molar-refractivity contribution in [3.8, 4) is 0 Å². The minimum Gasteiger partial charge on any atom is -0.254 e. The van der Waals surface area contributed by atoms with E-state index in [4.69, 9.17) is 0 Å². The number of piperidine rings is 1. The van der Waals surface area contributed by atoms with Gasteiger partial charge in [-0.3, -0.25) is 4.72 Å². The van der Waals surface area contributed by atoms with E-state index in [2.05, 4.69) is 9.71 Å². The Kier molecular flexibility index (Phi) is 3.82. The Balaban J connectivity index is 2.11. The molecule has 1 aromatic rings. The Morgan fingerprint density at radius 2 is 2.28 bits per heavy atom. The monoisotopic (exact) mass is 273 g/mol. The summed E-state index contributed by atoms with van der Waals surface area (Å²) < 4.78 is 40.7. The maximum Gasteiger partial charge on any atom is 0.302 e. The molecule has 1 aliphatic heterocycles. The summed E-state index contributed by atoms with van der Waals surface area (Å²) >= 11 is 0. The summed E-state index contributed by atoms with van der Waals surface area (Å²) in [5, 5.41) is 0. The molecule has 7 heteroatoms. The molecule has 1 N–H and O–H groups in total. The molecule has 1 fully saturated rings. The van der Waals surface area contributed by atoms with E-state index in [0.29, 0.717) is 19.0 Å². The number of nitrogens with one attached hydrogen (secondary N) is 1. The highest BCUT2D eigenvalue weighted by atomic mass is 32.2. The van der Waals surface area contributed by atoms with E-state index in [1.165, 1.54) is 22.5 Å². The molecule has 5 nitrogen and oxygen atoms in total. The first-order valence-electron chi connectivity index (χ1n) is 5.88. The van der Waals surface area contributed by atoms with Crippen molar-refractivity contribution < 1.29 is 12.8 Å². The summed E-state index contributed by atoms with van der Waals surface area (Å²) in [4.78, 5) is 3.49. The molecule has 2 heterocycles. The van der Waals surface area contributed by atoms with E-state index in [-0.39, 0.29) is 5.82 Å². The Morgan fingerprint density at radius 3 is 2.94 bits per heavy atom. The maximum absolute atomic E-state index is 12.9. The van der Waals surface area contributed by atoms with Gasteiger partial charge in [0.25, 0.3) is 0 Å². The van der Waals surface area contributed by atoms with Crippen LogP contribution in [0.5, 0.6) is 0 Å². The average Bonchev–Trinajstić information content (AvgIpc) is 2.28. The molecule has 0 aliphatic carbocycles. The molecule has 0 aromatic carbocycles. The van der Waals surface area contributed by atoms with Gasteiger partial charge in [-0.25, -0.2) is 4.98 Å². The van der Waals surface area contributed by atoms with Gasteiger partial charge < -0.3 is 0 Å². The van der Waals surface area contributed by atoms with Gasteiger partial charge >= 0.3 is 10.2 Å². The average molecular weight is 273 g/mol. The van der Waals surface area contributed by atoms with Gasteiger partial charge in [-0.15, -0.1) is 0 Å². The molecule has 0 radical (unpaired) electrons. The number of aromatic nitrogens is 1. The minimum atomic E-state index is -3.63. The van der Waals surface area contributed by atoms with Crippen molar-refractivity contribution in [1.82, 2.24) is 9.29 Å². The number of hydrogen-bond donors (Lipinski definition) is 1. The number of halogens is 1. The quantitative estimate of drug-likeness (QED) is 0.851. The van der Waals surface area contributed by atoms with Gasteiger partial charge in [-0.2, -0.15) is 17.1 Å². The molecule has 1 saturated heterocycles. The molecule has 2 rings (SSSR count). The van der Waals surface area contributed by atoms with E-state index in [1.54, 1.807) is 0 Å². The van der Waals surface area contributed by atoms with Gasteiger partial charge in [0.15, 0.2) is 0 Å². The Bertz CT molecular complexity index is 521. The number of rotatable bonds is 3. The van der Waals surface area contributed by atoms with Crippen LogP contribution in [0.15, 0.2) is 18.2 Å². The number of hydrogen-bond acceptors (Lipinski definition) is 3. The van der Waals surface area contributed by atoms with Crippen molar-refractivity contribution in [1.29, 1.82) is 0 Å². The van der Waals surface area contributed by atoms with E-state index in [0.717, 1.165) is 12.8 Å². The van der Waals surface area contributed by atoms with Gasteiger partial charge in [0.2, 0.25) is 5.95 Å². The van der Waals surface area contributed by atoms with Gasteiger partial charge in [0.05, 0.1) is 0 Å². The Morgan fingerprint density at radius 1 is 1.50 bits per heavy atom. The molecule has 100 valence electrons. The second-order valence-corrected chi connectivity index (χ2v) is 6.23. The third-order valence-corrected chi connectivity index (χ3v) is 4.39. The first kappa shape index (κ1) is 13.2. The van der Waals surface area contributed by atoms with Crippen LogP contribution in [0.2, 0.25) is 0 Å². The molecule has 1 unspecified atom stereocenters. The lowest BCUT2D eigenvalue weighted by Crippen LogP contribution is -2.42. The van der Waals surface area contributed by atoms with Crippen molar-refractivity contribution in [2.75, 3.05) is 17.8 Å². The highest BCUT2D eigenvalue weighted by molar-refractivity contribution is 7.90. The molecule has 1 atom stereocenters. The zero-order valence-corrected chi connectivity index (χ0v) is 11.0. The number of anilines is 1. The van der Waals surface area contributed by atoms with E-state index in [1.807, 2.05) is 6.92 Å². The summed E-state index contributed by atoms with van der Waals surface area (Å²) in [5.74, 6) is -0.355. The Hall–Kier alpha value is -1.21. The smallest absolute Gasteiger partial charge is 0.254 e. The lowest BCUT2D eigenvalue weighted by molar-refractivity contribution is 0.282. The molecule has 0 spiro atoms. The molecular weight excluding hydrogens is 257 g/mol. The highest BCUT2D eigenvalue weighted by Gasteiger charge is 2.27. The predicted octanol–water partition coefficient (Wildman–Crippen LogP) is 1.61. The Labute approximate surface area is 106 Å². The molecule has 0 saturated carbocycles. The van der Waals surface area contributed by atoms with Crippen LogP contribution < -0.4 is 4.72 Å². The summed E-state index contributed by atoms with van der Waals surface area (Å²) in [6.07, 6.45) is 1.88. The summed E-state index contributed by atoms with van der Waals surface area (Å²) in [6.45, 7) is 3.00. The van der Waals surface area contributed by atoms with Crippen molar-refractivity contribution in [3.05, 3.63) is 24.1 Å². The molecule has 0 bridgehead atoms. The van der Waals surface area contributed by atoms with Crippen LogP contribution in [0.25, 0.3) is 0 Å². The fraction of sp³-hybridized carbons (Fsp3) is 0.545. The maximum atomic E-state index is 12.9. The van der Waals surface area contributed by atoms with Gasteiger partial charge in [-0.05, 0) is 30.9 Å². The van der Waals surface area contributed by atoms with Gasteiger partial charge in [0.1, 0.15) is 5.82 Å². The van der Waals surface area contributed by atoms with E-state index < -0.39 is 16.2 Å². The second-order valence-electron chi connectivity index (χ2n) is 4.56. The van der Waals surface area contributed by atoms with Gasteiger partial charge in [0, 0.05) is 13.1 Å². The first-order valence-corrected chi connectivity index (χ1v) is 7.32. The zero-order valence-electron chi connectivity index (χ0n) is 10.1. The molecular formula is C11H16FN3O2S. The topological polar surface area (TPSA) is 62.3 Å². The molecule has 1 aromatic heterocycles. The number of nitrogens with zero attached hydrogens (tertiary/aromatic N) is 2. The summed E-state index contributed by atoms with van der Waals surface area (Å²) in [7, 11) is -3.63. The van der Waals surface area contributed by atoms with Crippen LogP contribution in [0.3, 0.4) is 0 Å². The predicted molar refractivity (Wildman–Crippen MR) is 66.7 cm³/mol. The van der Waals surface area contributed by atoms with Crippen LogP contribution >= 0.6 is 0 Å². The largest absolute Gasteiger partial charge is 0.302 e. The lowest BCUT2D eigenvalue weighted by atomic mass is 10.0. The number of pyridine rings is 1. The standard InChI is InChI=1S/C11H16FN3O2S/c1-9-4-3-7-15(8-9)18(16,17)14-11-6-2-5-10(12)13-11/h2,5-6,9H,3-4,7-8H2,1H3,(H,13,14). The fourth-order valence-corrected chi connectivity index (χ4v) is 3.35. The highest BCUT2D eigenvalue weighted by Crippen LogP contribution is 2.19. The van der Waals surface area contributed by atoms with Crippen LogP contribution in [0.4, 0.5) is 10.2 Å². The first-order chi connectivity index (χ1) is 8.47.